The Morgan fingerprint density at radius 2 is 1.76 bits per heavy atom. The van der Waals surface area contributed by atoms with Crippen LogP contribution in [0.25, 0.3) is 5.76 Å². The quantitative estimate of drug-likeness (QED) is 0.388. The Morgan fingerprint density at radius 3 is 2.41 bits per heavy atom. The summed E-state index contributed by atoms with van der Waals surface area (Å²) in [7, 11) is 0. The summed E-state index contributed by atoms with van der Waals surface area (Å²) in [5, 5.41) is 11.7. The maximum absolute atomic E-state index is 13.0. The Hall–Kier alpha value is -2.30. The first-order chi connectivity index (χ1) is 13.9. The fraction of sp³-hybridized carbons (Fsp3) is 0.304. The molecule has 2 fully saturated rings. The number of likely N-dealkylation sites (tertiary alicyclic amines) is 1. The highest BCUT2D eigenvalue weighted by Crippen LogP contribution is 2.43. The van der Waals surface area contributed by atoms with Crippen LogP contribution in [0, 0.1) is 6.92 Å². The first-order valence-corrected chi connectivity index (χ1v) is 10.5. The third kappa shape index (κ3) is 3.56. The summed E-state index contributed by atoms with van der Waals surface area (Å²) in [6, 6.07) is 11.8. The molecule has 1 amide bonds. The van der Waals surface area contributed by atoms with Gasteiger partial charge in [-0.2, -0.15) is 0 Å². The Kier molecular flexibility index (Phi) is 5.41. The molecule has 2 aromatic rings. The van der Waals surface area contributed by atoms with Gasteiger partial charge in [0.25, 0.3) is 11.7 Å². The largest absolute Gasteiger partial charge is 0.507 e. The van der Waals surface area contributed by atoms with Crippen molar-refractivity contribution in [1.29, 1.82) is 0 Å². The van der Waals surface area contributed by atoms with E-state index in [1.165, 1.54) is 6.07 Å². The highest BCUT2D eigenvalue weighted by Gasteiger charge is 2.49. The van der Waals surface area contributed by atoms with Gasteiger partial charge in [0, 0.05) is 11.6 Å². The van der Waals surface area contributed by atoms with Crippen molar-refractivity contribution in [3.63, 3.8) is 0 Å². The van der Waals surface area contributed by atoms with Crippen molar-refractivity contribution >= 4 is 40.7 Å². The van der Waals surface area contributed by atoms with Gasteiger partial charge in [-0.05, 0) is 43.5 Å². The van der Waals surface area contributed by atoms with Gasteiger partial charge in [0.1, 0.15) is 5.76 Å². The van der Waals surface area contributed by atoms with Crippen LogP contribution in [0.15, 0.2) is 48.0 Å². The first kappa shape index (κ1) is 20.0. The van der Waals surface area contributed by atoms with E-state index in [2.05, 4.69) is 0 Å². The van der Waals surface area contributed by atoms with E-state index in [0.29, 0.717) is 10.6 Å². The van der Waals surface area contributed by atoms with Crippen LogP contribution in [0.3, 0.4) is 0 Å². The second-order valence-corrected chi connectivity index (χ2v) is 8.50. The molecule has 4 rings (SSSR count). The fourth-order valence-electron chi connectivity index (χ4n) is 4.38. The molecule has 1 N–H and O–H groups in total. The third-order valence-electron chi connectivity index (χ3n) is 5.75. The number of benzene rings is 2. The van der Waals surface area contributed by atoms with Crippen molar-refractivity contribution < 1.29 is 14.7 Å². The van der Waals surface area contributed by atoms with Gasteiger partial charge >= 0.3 is 0 Å². The van der Waals surface area contributed by atoms with Gasteiger partial charge in [-0.3, -0.25) is 9.59 Å². The first-order valence-electron chi connectivity index (χ1n) is 9.70. The summed E-state index contributed by atoms with van der Waals surface area (Å²) in [6.45, 7) is 1.96. The molecule has 29 heavy (non-hydrogen) atoms. The van der Waals surface area contributed by atoms with Crippen molar-refractivity contribution in [2.45, 2.75) is 44.7 Å². The maximum atomic E-state index is 13.0. The van der Waals surface area contributed by atoms with Gasteiger partial charge < -0.3 is 10.0 Å². The lowest BCUT2D eigenvalue weighted by molar-refractivity contribution is -0.141. The number of aryl methyl sites for hydroxylation is 1. The van der Waals surface area contributed by atoms with E-state index < -0.39 is 17.7 Å². The van der Waals surface area contributed by atoms with Crippen LogP contribution in [-0.4, -0.2) is 27.7 Å². The number of amides is 1. The summed E-state index contributed by atoms with van der Waals surface area (Å²) in [4.78, 5) is 27.7. The van der Waals surface area contributed by atoms with Crippen molar-refractivity contribution in [3.05, 3.63) is 74.8 Å². The van der Waals surface area contributed by atoms with Gasteiger partial charge in [0.05, 0.1) is 21.7 Å². The molecular weight excluding hydrogens is 409 g/mol. The summed E-state index contributed by atoms with van der Waals surface area (Å²) in [5.41, 5.74) is 2.30. The number of aliphatic hydroxyl groups excluding tert-OH is 1. The smallest absolute Gasteiger partial charge is 0.295 e. The van der Waals surface area contributed by atoms with Gasteiger partial charge in [0.15, 0.2) is 0 Å². The highest BCUT2D eigenvalue weighted by atomic mass is 35.5. The fourth-order valence-corrected chi connectivity index (χ4v) is 4.67. The molecule has 6 heteroatoms. The Bertz CT molecular complexity index is 1020. The molecule has 0 bridgehead atoms. The molecule has 1 unspecified atom stereocenters. The number of aliphatic hydroxyl groups is 1. The number of carbonyl (C=O) groups is 2. The Labute approximate surface area is 179 Å². The minimum atomic E-state index is -0.660. The molecule has 4 nitrogen and oxygen atoms in total. The minimum absolute atomic E-state index is 0.00364. The Morgan fingerprint density at radius 1 is 1.03 bits per heavy atom. The number of halogens is 2. The zero-order valence-electron chi connectivity index (χ0n) is 16.0. The number of Topliss-reactive ketones (excluding diaryl/α,β-unsaturated/α-hetero) is 1. The molecule has 0 radical (unpaired) electrons. The molecular formula is C23H21Cl2NO3. The lowest BCUT2D eigenvalue weighted by atomic mass is 9.94. The maximum Gasteiger partial charge on any atom is 0.295 e. The van der Waals surface area contributed by atoms with Crippen LogP contribution >= 0.6 is 23.2 Å². The van der Waals surface area contributed by atoms with Crippen molar-refractivity contribution in [2.24, 2.45) is 0 Å². The second kappa shape index (κ2) is 7.85. The third-order valence-corrected chi connectivity index (χ3v) is 6.49. The molecule has 0 spiro atoms. The van der Waals surface area contributed by atoms with Crippen molar-refractivity contribution in [2.75, 3.05) is 0 Å². The van der Waals surface area contributed by atoms with E-state index >= 15 is 0 Å². The monoisotopic (exact) mass is 429 g/mol. The molecule has 1 aliphatic carbocycles. The second-order valence-electron chi connectivity index (χ2n) is 7.69. The summed E-state index contributed by atoms with van der Waals surface area (Å²) < 4.78 is 0. The number of hydrogen-bond acceptors (Lipinski definition) is 3. The number of rotatable bonds is 3. The van der Waals surface area contributed by atoms with Crippen LogP contribution < -0.4 is 0 Å². The average molecular weight is 430 g/mol. The molecule has 0 aromatic heterocycles. The predicted octanol–water partition coefficient (Wildman–Crippen LogP) is 5.67. The van der Waals surface area contributed by atoms with Crippen LogP contribution in [0.4, 0.5) is 0 Å². The summed E-state index contributed by atoms with van der Waals surface area (Å²) in [5.74, 6) is -1.44. The standard InChI is InChI=1S/C23H21Cl2NO3/c1-13-5-4-6-14(11-13)20-19(21(27)15-9-10-17(24)18(25)12-15)22(28)23(29)26(20)16-7-2-3-8-16/h4-6,9-12,16,20,27H,2-3,7-8H2,1H3/b21-19-. The van der Waals surface area contributed by atoms with Gasteiger partial charge in [-0.25, -0.2) is 0 Å². The van der Waals surface area contributed by atoms with Crippen LogP contribution in [-0.2, 0) is 9.59 Å². The topological polar surface area (TPSA) is 57.6 Å². The lowest BCUT2D eigenvalue weighted by Crippen LogP contribution is -2.37. The highest BCUT2D eigenvalue weighted by molar-refractivity contribution is 6.47. The Balaban J connectivity index is 1.90. The van der Waals surface area contributed by atoms with Crippen LogP contribution in [0.5, 0.6) is 0 Å². The molecule has 1 atom stereocenters. The SMILES string of the molecule is Cc1cccc(C2/C(=C(/O)c3ccc(Cl)c(Cl)c3)C(=O)C(=O)N2C2CCCC2)c1. The van der Waals surface area contributed by atoms with E-state index in [4.69, 9.17) is 23.2 Å². The molecule has 1 saturated heterocycles. The molecule has 1 aliphatic heterocycles. The van der Waals surface area contributed by atoms with E-state index in [9.17, 15) is 14.7 Å². The molecule has 1 saturated carbocycles. The van der Waals surface area contributed by atoms with E-state index in [1.807, 2.05) is 31.2 Å². The van der Waals surface area contributed by atoms with Gasteiger partial charge in [-0.1, -0.05) is 65.9 Å². The zero-order valence-corrected chi connectivity index (χ0v) is 17.5. The van der Waals surface area contributed by atoms with Crippen LogP contribution in [0.1, 0.15) is 48.4 Å². The van der Waals surface area contributed by atoms with Crippen LogP contribution in [0.2, 0.25) is 10.0 Å². The van der Waals surface area contributed by atoms with E-state index in [1.54, 1.807) is 17.0 Å². The van der Waals surface area contributed by atoms with E-state index in [0.717, 1.165) is 36.8 Å². The normalized spacial score (nSPS) is 21.9. The van der Waals surface area contributed by atoms with Gasteiger partial charge in [0.2, 0.25) is 0 Å². The predicted molar refractivity (Wildman–Crippen MR) is 114 cm³/mol. The lowest BCUT2D eigenvalue weighted by Gasteiger charge is -2.31. The molecule has 2 aliphatic rings. The molecule has 2 aromatic carbocycles. The van der Waals surface area contributed by atoms with Crippen molar-refractivity contribution in [1.82, 2.24) is 4.90 Å². The average Bonchev–Trinajstić information content (AvgIpc) is 3.31. The summed E-state index contributed by atoms with van der Waals surface area (Å²) >= 11 is 12.1. The molecule has 1 heterocycles. The summed E-state index contributed by atoms with van der Waals surface area (Å²) in [6.07, 6.45) is 3.78. The number of hydrogen-bond donors (Lipinski definition) is 1. The number of ketones is 1. The molecule has 150 valence electrons. The number of carbonyl (C=O) groups excluding carboxylic acids is 2. The minimum Gasteiger partial charge on any atom is -0.507 e. The van der Waals surface area contributed by atoms with Crippen molar-refractivity contribution in [3.8, 4) is 0 Å². The number of nitrogens with zero attached hydrogens (tertiary/aromatic N) is 1. The zero-order chi connectivity index (χ0) is 20.7. The van der Waals surface area contributed by atoms with Gasteiger partial charge in [-0.15, -0.1) is 0 Å². The van der Waals surface area contributed by atoms with E-state index in [-0.39, 0.29) is 22.4 Å².